The summed E-state index contributed by atoms with van der Waals surface area (Å²) in [5, 5.41) is 9.34. The van der Waals surface area contributed by atoms with Crippen LogP contribution in [0.1, 0.15) is 32.6 Å². The molecule has 3 aliphatic rings. The molecule has 0 radical (unpaired) electrons. The van der Waals surface area contributed by atoms with E-state index in [9.17, 15) is 9.90 Å². The number of methoxy groups -OCH3 is 2. The van der Waals surface area contributed by atoms with Crippen molar-refractivity contribution in [2.45, 2.75) is 56.9 Å². The molecule has 6 heteroatoms. The van der Waals surface area contributed by atoms with Gasteiger partial charge in [-0.2, -0.15) is 0 Å². The SMILES string of the molecule is COC1CC(C)CC2N=C3C(CC(C(=O)O)CC3OC)N=C21. The van der Waals surface area contributed by atoms with Gasteiger partial charge in [0.15, 0.2) is 0 Å². The van der Waals surface area contributed by atoms with Crippen LogP contribution in [-0.4, -0.2) is 61.0 Å². The van der Waals surface area contributed by atoms with Gasteiger partial charge < -0.3 is 14.6 Å². The molecule has 0 spiro atoms. The van der Waals surface area contributed by atoms with Gasteiger partial charge in [0, 0.05) is 14.2 Å². The second-order valence-electron chi connectivity index (χ2n) is 6.67. The van der Waals surface area contributed by atoms with Crippen molar-refractivity contribution in [1.29, 1.82) is 0 Å². The summed E-state index contributed by atoms with van der Waals surface area (Å²) >= 11 is 0. The van der Waals surface area contributed by atoms with Crippen molar-refractivity contribution >= 4 is 17.4 Å². The minimum atomic E-state index is -0.774. The van der Waals surface area contributed by atoms with Crippen LogP contribution < -0.4 is 0 Å². The van der Waals surface area contributed by atoms with E-state index >= 15 is 0 Å². The van der Waals surface area contributed by atoms with Gasteiger partial charge in [0.1, 0.15) is 0 Å². The van der Waals surface area contributed by atoms with Gasteiger partial charge in [0.2, 0.25) is 0 Å². The van der Waals surface area contributed by atoms with Crippen molar-refractivity contribution in [2.24, 2.45) is 21.8 Å². The zero-order valence-corrected chi connectivity index (χ0v) is 13.4. The van der Waals surface area contributed by atoms with Gasteiger partial charge in [0.25, 0.3) is 0 Å². The van der Waals surface area contributed by atoms with Crippen LogP contribution in [0.15, 0.2) is 9.98 Å². The molecule has 6 unspecified atom stereocenters. The summed E-state index contributed by atoms with van der Waals surface area (Å²) in [6.45, 7) is 2.21. The predicted molar refractivity (Wildman–Crippen MR) is 82.8 cm³/mol. The maximum absolute atomic E-state index is 11.4. The van der Waals surface area contributed by atoms with E-state index in [4.69, 9.17) is 19.5 Å². The van der Waals surface area contributed by atoms with E-state index in [1.807, 2.05) is 0 Å². The van der Waals surface area contributed by atoms with E-state index in [0.29, 0.717) is 18.8 Å². The average Bonchev–Trinajstić information content (AvgIpc) is 2.51. The Bertz CT molecular complexity index is 516. The highest BCUT2D eigenvalue weighted by atomic mass is 16.5. The largest absolute Gasteiger partial charge is 0.481 e. The van der Waals surface area contributed by atoms with Gasteiger partial charge in [-0.05, 0) is 31.6 Å². The molecule has 2 saturated carbocycles. The Balaban J connectivity index is 1.91. The molecule has 6 atom stereocenters. The molecule has 0 bridgehead atoms. The van der Waals surface area contributed by atoms with E-state index in [2.05, 4.69) is 6.92 Å². The summed E-state index contributed by atoms with van der Waals surface area (Å²) in [6.07, 6.45) is 2.71. The molecule has 1 heterocycles. The first-order valence-corrected chi connectivity index (χ1v) is 7.97. The molecular weight excluding hydrogens is 284 g/mol. The van der Waals surface area contributed by atoms with E-state index < -0.39 is 11.9 Å². The standard InChI is InChI=1S/C16H24N2O4/c1-8-4-10-14(12(5-8)21-2)18-11-6-9(16(19)20)7-13(22-3)15(11)17-10/h8-13H,4-7H2,1-3H3,(H,19,20). The molecule has 2 aliphatic carbocycles. The lowest BCUT2D eigenvalue weighted by Crippen LogP contribution is -2.51. The second-order valence-corrected chi connectivity index (χ2v) is 6.67. The highest BCUT2D eigenvalue weighted by Crippen LogP contribution is 2.35. The third kappa shape index (κ3) is 2.70. The van der Waals surface area contributed by atoms with Gasteiger partial charge in [-0.3, -0.25) is 14.8 Å². The molecule has 0 saturated heterocycles. The number of hydrogen-bond donors (Lipinski definition) is 1. The van der Waals surface area contributed by atoms with E-state index in [1.165, 1.54) is 0 Å². The van der Waals surface area contributed by atoms with Gasteiger partial charge >= 0.3 is 5.97 Å². The molecule has 3 rings (SSSR count). The van der Waals surface area contributed by atoms with Gasteiger partial charge in [-0.1, -0.05) is 6.92 Å². The lowest BCUT2D eigenvalue weighted by atomic mass is 9.78. The molecule has 1 N–H and O–H groups in total. The quantitative estimate of drug-likeness (QED) is 0.858. The first kappa shape index (κ1) is 15.6. The number of fused-ring (bicyclic) bond motifs is 2. The Morgan fingerprint density at radius 2 is 1.55 bits per heavy atom. The number of ether oxygens (including phenoxy) is 2. The van der Waals surface area contributed by atoms with E-state index in [1.54, 1.807) is 14.2 Å². The Morgan fingerprint density at radius 1 is 1.00 bits per heavy atom. The Morgan fingerprint density at radius 3 is 2.09 bits per heavy atom. The molecule has 122 valence electrons. The minimum Gasteiger partial charge on any atom is -0.481 e. The molecule has 0 aromatic carbocycles. The third-order valence-electron chi connectivity index (χ3n) is 5.12. The fourth-order valence-corrected chi connectivity index (χ4v) is 3.95. The number of nitrogens with zero attached hydrogens (tertiary/aromatic N) is 2. The van der Waals surface area contributed by atoms with Crippen LogP contribution in [0.2, 0.25) is 0 Å². The maximum atomic E-state index is 11.4. The Kier molecular flexibility index (Phi) is 4.32. The van der Waals surface area contributed by atoms with Crippen molar-refractivity contribution in [3.8, 4) is 0 Å². The summed E-state index contributed by atoms with van der Waals surface area (Å²) in [5.74, 6) is -0.645. The van der Waals surface area contributed by atoms with Crippen LogP contribution >= 0.6 is 0 Å². The van der Waals surface area contributed by atoms with Crippen LogP contribution in [0.25, 0.3) is 0 Å². The average molecular weight is 308 g/mol. The molecular formula is C16H24N2O4. The van der Waals surface area contributed by atoms with Crippen molar-refractivity contribution in [3.63, 3.8) is 0 Å². The summed E-state index contributed by atoms with van der Waals surface area (Å²) in [6, 6.07) is -0.101. The van der Waals surface area contributed by atoms with Crippen molar-refractivity contribution in [3.05, 3.63) is 0 Å². The third-order valence-corrected chi connectivity index (χ3v) is 5.12. The molecule has 0 aromatic rings. The monoisotopic (exact) mass is 308 g/mol. The number of carboxylic acids is 1. The predicted octanol–water partition coefficient (Wildman–Crippen LogP) is 1.57. The molecule has 0 aromatic heterocycles. The normalized spacial score (nSPS) is 41.0. The van der Waals surface area contributed by atoms with Crippen LogP contribution in [-0.2, 0) is 14.3 Å². The Hall–Kier alpha value is -1.27. The maximum Gasteiger partial charge on any atom is 0.306 e. The molecule has 0 amide bonds. The zero-order chi connectivity index (χ0) is 15.9. The van der Waals surface area contributed by atoms with Gasteiger partial charge in [0.05, 0.1) is 41.6 Å². The highest BCUT2D eigenvalue weighted by Gasteiger charge is 2.43. The highest BCUT2D eigenvalue weighted by molar-refractivity contribution is 6.05. The van der Waals surface area contributed by atoms with E-state index in [-0.39, 0.29) is 24.3 Å². The van der Waals surface area contributed by atoms with Crippen molar-refractivity contribution in [1.82, 2.24) is 0 Å². The molecule has 1 aliphatic heterocycles. The number of rotatable bonds is 3. The fourth-order valence-electron chi connectivity index (χ4n) is 3.95. The molecule has 6 nitrogen and oxygen atoms in total. The van der Waals surface area contributed by atoms with Crippen molar-refractivity contribution < 1.29 is 19.4 Å². The van der Waals surface area contributed by atoms with Crippen LogP contribution in [0, 0.1) is 11.8 Å². The molecule has 22 heavy (non-hydrogen) atoms. The summed E-state index contributed by atoms with van der Waals surface area (Å²) in [7, 11) is 3.33. The summed E-state index contributed by atoms with van der Waals surface area (Å²) in [4.78, 5) is 21.1. The van der Waals surface area contributed by atoms with Crippen molar-refractivity contribution in [2.75, 3.05) is 14.2 Å². The lowest BCUT2D eigenvalue weighted by molar-refractivity contribution is -0.143. The van der Waals surface area contributed by atoms with Gasteiger partial charge in [-0.25, -0.2) is 0 Å². The van der Waals surface area contributed by atoms with Crippen LogP contribution in [0.3, 0.4) is 0 Å². The van der Waals surface area contributed by atoms with E-state index in [0.717, 1.165) is 24.3 Å². The topological polar surface area (TPSA) is 80.5 Å². The smallest absolute Gasteiger partial charge is 0.306 e. The van der Waals surface area contributed by atoms with Crippen LogP contribution in [0.4, 0.5) is 0 Å². The lowest BCUT2D eigenvalue weighted by Gasteiger charge is -2.40. The summed E-state index contributed by atoms with van der Waals surface area (Å²) < 4.78 is 11.1. The number of aliphatic carboxylic acids is 1. The van der Waals surface area contributed by atoms with Gasteiger partial charge in [-0.15, -0.1) is 0 Å². The first-order valence-electron chi connectivity index (χ1n) is 7.97. The Labute approximate surface area is 130 Å². The van der Waals surface area contributed by atoms with Crippen LogP contribution in [0.5, 0.6) is 0 Å². The number of carboxylic acid groups (broad SMARTS) is 1. The molecule has 2 fully saturated rings. The number of aliphatic imine (C=N–C) groups is 2. The fraction of sp³-hybridized carbons (Fsp3) is 0.812. The summed E-state index contributed by atoms with van der Waals surface area (Å²) in [5.41, 5.74) is 1.92. The second kappa shape index (κ2) is 6.08. The first-order chi connectivity index (χ1) is 10.5. The minimum absolute atomic E-state index is 0.00486. The zero-order valence-electron chi connectivity index (χ0n) is 13.4. The number of hydrogen-bond acceptors (Lipinski definition) is 5. The number of carbonyl (C=O) groups is 1.